The molecular formula is C16H18FN. The van der Waals surface area contributed by atoms with Gasteiger partial charge in [-0.15, -0.1) is 0 Å². The van der Waals surface area contributed by atoms with Crippen LogP contribution in [0.4, 0.5) is 4.39 Å². The van der Waals surface area contributed by atoms with E-state index in [1.54, 1.807) is 6.07 Å². The largest absolute Gasteiger partial charge is 0.330 e. The first-order valence-electron chi connectivity index (χ1n) is 6.21. The van der Waals surface area contributed by atoms with E-state index in [0.717, 1.165) is 6.42 Å². The Labute approximate surface area is 107 Å². The van der Waals surface area contributed by atoms with Crippen LogP contribution in [0.1, 0.15) is 22.6 Å². The van der Waals surface area contributed by atoms with E-state index < -0.39 is 0 Å². The molecule has 0 aromatic heterocycles. The average molecular weight is 243 g/mol. The summed E-state index contributed by atoms with van der Waals surface area (Å²) in [6.07, 6.45) is 0.782. The molecule has 2 aromatic carbocycles. The fourth-order valence-corrected chi connectivity index (χ4v) is 2.23. The van der Waals surface area contributed by atoms with Crippen LogP contribution in [-0.2, 0) is 6.42 Å². The van der Waals surface area contributed by atoms with Crippen molar-refractivity contribution in [2.45, 2.75) is 19.3 Å². The molecule has 0 spiro atoms. The molecule has 2 aromatic rings. The van der Waals surface area contributed by atoms with Crippen molar-refractivity contribution in [1.29, 1.82) is 0 Å². The molecule has 0 heterocycles. The molecule has 2 rings (SSSR count). The highest BCUT2D eigenvalue weighted by atomic mass is 19.1. The van der Waals surface area contributed by atoms with Crippen LogP contribution < -0.4 is 5.73 Å². The van der Waals surface area contributed by atoms with Crippen molar-refractivity contribution in [3.63, 3.8) is 0 Å². The second-order valence-electron chi connectivity index (χ2n) is 4.58. The predicted octanol–water partition coefficient (Wildman–Crippen LogP) is 3.42. The molecule has 0 saturated carbocycles. The maximum atomic E-state index is 13.8. The van der Waals surface area contributed by atoms with E-state index in [0.29, 0.717) is 12.1 Å². The van der Waals surface area contributed by atoms with Gasteiger partial charge >= 0.3 is 0 Å². The molecular weight excluding hydrogens is 225 g/mol. The van der Waals surface area contributed by atoms with Gasteiger partial charge in [-0.2, -0.15) is 0 Å². The second-order valence-corrected chi connectivity index (χ2v) is 4.58. The first kappa shape index (κ1) is 12.8. The summed E-state index contributed by atoms with van der Waals surface area (Å²) in [5, 5.41) is 0. The van der Waals surface area contributed by atoms with E-state index in [1.807, 2.05) is 24.3 Å². The summed E-state index contributed by atoms with van der Waals surface area (Å²) >= 11 is 0. The van der Waals surface area contributed by atoms with Gasteiger partial charge in [0.2, 0.25) is 0 Å². The van der Waals surface area contributed by atoms with Gasteiger partial charge in [0.1, 0.15) is 5.82 Å². The van der Waals surface area contributed by atoms with Gasteiger partial charge in [-0.05, 0) is 42.6 Å². The molecule has 0 aliphatic rings. The minimum atomic E-state index is -0.165. The first-order chi connectivity index (χ1) is 8.72. The lowest BCUT2D eigenvalue weighted by molar-refractivity contribution is 0.575. The molecule has 18 heavy (non-hydrogen) atoms. The lowest BCUT2D eigenvalue weighted by Crippen LogP contribution is -2.16. The molecule has 1 atom stereocenters. The zero-order chi connectivity index (χ0) is 13.0. The normalized spacial score (nSPS) is 12.4. The third kappa shape index (κ3) is 2.77. The number of nitrogens with two attached hydrogens (primary N) is 1. The Balaban J connectivity index is 2.26. The van der Waals surface area contributed by atoms with Crippen molar-refractivity contribution in [3.8, 4) is 0 Å². The van der Waals surface area contributed by atoms with E-state index >= 15 is 0 Å². The topological polar surface area (TPSA) is 26.0 Å². The quantitative estimate of drug-likeness (QED) is 0.874. The van der Waals surface area contributed by atoms with Gasteiger partial charge in [-0.3, -0.25) is 0 Å². The van der Waals surface area contributed by atoms with Crippen molar-refractivity contribution in [3.05, 3.63) is 71.0 Å². The molecule has 0 saturated heterocycles. The molecule has 0 radical (unpaired) electrons. The van der Waals surface area contributed by atoms with Crippen LogP contribution in [0.15, 0.2) is 48.5 Å². The maximum Gasteiger partial charge on any atom is 0.126 e. The fourth-order valence-electron chi connectivity index (χ4n) is 2.23. The first-order valence-corrected chi connectivity index (χ1v) is 6.21. The number of hydrogen-bond acceptors (Lipinski definition) is 1. The number of halogens is 1. The Morgan fingerprint density at radius 2 is 1.72 bits per heavy atom. The minimum absolute atomic E-state index is 0.0345. The molecule has 2 N–H and O–H groups in total. The van der Waals surface area contributed by atoms with Gasteiger partial charge in [-0.1, -0.05) is 42.5 Å². The molecule has 0 amide bonds. The van der Waals surface area contributed by atoms with Gasteiger partial charge in [0.15, 0.2) is 0 Å². The Hall–Kier alpha value is -1.67. The molecule has 0 fully saturated rings. The van der Waals surface area contributed by atoms with Crippen molar-refractivity contribution in [2.24, 2.45) is 5.73 Å². The third-order valence-electron chi connectivity index (χ3n) is 3.36. The van der Waals surface area contributed by atoms with Crippen LogP contribution >= 0.6 is 0 Å². The summed E-state index contributed by atoms with van der Waals surface area (Å²) in [5.74, 6) is -0.131. The minimum Gasteiger partial charge on any atom is -0.330 e. The van der Waals surface area contributed by atoms with Gasteiger partial charge in [-0.25, -0.2) is 4.39 Å². The van der Waals surface area contributed by atoms with Gasteiger partial charge in [0.05, 0.1) is 0 Å². The number of aryl methyl sites for hydroxylation is 1. The fraction of sp³-hybridized carbons (Fsp3) is 0.250. The lowest BCUT2D eigenvalue weighted by Gasteiger charge is -2.17. The van der Waals surface area contributed by atoms with Crippen molar-refractivity contribution < 1.29 is 4.39 Å². The second kappa shape index (κ2) is 5.78. The van der Waals surface area contributed by atoms with E-state index in [2.05, 4.69) is 19.1 Å². The van der Waals surface area contributed by atoms with Crippen molar-refractivity contribution >= 4 is 0 Å². The molecule has 1 nitrogen and oxygen atoms in total. The number of benzene rings is 2. The highest BCUT2D eigenvalue weighted by Gasteiger charge is 2.15. The van der Waals surface area contributed by atoms with Crippen LogP contribution in [0.2, 0.25) is 0 Å². The van der Waals surface area contributed by atoms with Gasteiger partial charge in [0, 0.05) is 5.92 Å². The molecule has 2 heteroatoms. The van der Waals surface area contributed by atoms with Crippen LogP contribution in [-0.4, -0.2) is 6.54 Å². The summed E-state index contributed by atoms with van der Waals surface area (Å²) in [6, 6.07) is 15.1. The van der Waals surface area contributed by atoms with E-state index in [9.17, 15) is 4.39 Å². The highest BCUT2D eigenvalue weighted by Crippen LogP contribution is 2.23. The Kier molecular flexibility index (Phi) is 4.11. The summed E-state index contributed by atoms with van der Waals surface area (Å²) in [5.41, 5.74) is 8.98. The standard InChI is InChI=1S/C16H18FN/c1-12-6-2-3-7-13(12)10-14(11-18)15-8-4-5-9-16(15)17/h2-9,14H,10-11,18H2,1H3. The van der Waals surface area contributed by atoms with Crippen LogP contribution in [0.25, 0.3) is 0 Å². The van der Waals surface area contributed by atoms with Crippen LogP contribution in [0, 0.1) is 12.7 Å². The summed E-state index contributed by atoms with van der Waals surface area (Å²) in [7, 11) is 0. The van der Waals surface area contributed by atoms with E-state index in [1.165, 1.54) is 17.2 Å². The molecule has 1 unspecified atom stereocenters. The van der Waals surface area contributed by atoms with E-state index in [-0.39, 0.29) is 11.7 Å². The van der Waals surface area contributed by atoms with Crippen LogP contribution in [0.3, 0.4) is 0 Å². The van der Waals surface area contributed by atoms with Crippen molar-refractivity contribution in [1.82, 2.24) is 0 Å². The predicted molar refractivity (Wildman–Crippen MR) is 73.1 cm³/mol. The third-order valence-corrected chi connectivity index (χ3v) is 3.36. The lowest BCUT2D eigenvalue weighted by atomic mass is 9.90. The molecule has 94 valence electrons. The van der Waals surface area contributed by atoms with Crippen molar-refractivity contribution in [2.75, 3.05) is 6.54 Å². The average Bonchev–Trinajstić information content (AvgIpc) is 2.39. The van der Waals surface area contributed by atoms with Gasteiger partial charge in [0.25, 0.3) is 0 Å². The Bertz CT molecular complexity index is 522. The zero-order valence-electron chi connectivity index (χ0n) is 10.6. The zero-order valence-corrected chi connectivity index (χ0v) is 10.6. The smallest absolute Gasteiger partial charge is 0.126 e. The number of hydrogen-bond donors (Lipinski definition) is 1. The number of rotatable bonds is 4. The highest BCUT2D eigenvalue weighted by molar-refractivity contribution is 5.30. The molecule has 0 bridgehead atoms. The molecule has 0 aliphatic heterocycles. The van der Waals surface area contributed by atoms with Crippen LogP contribution in [0.5, 0.6) is 0 Å². The maximum absolute atomic E-state index is 13.8. The Morgan fingerprint density at radius 3 is 2.39 bits per heavy atom. The van der Waals surface area contributed by atoms with Gasteiger partial charge < -0.3 is 5.73 Å². The summed E-state index contributed by atoms with van der Waals surface area (Å²) in [4.78, 5) is 0. The monoisotopic (exact) mass is 243 g/mol. The Morgan fingerprint density at radius 1 is 1.06 bits per heavy atom. The summed E-state index contributed by atoms with van der Waals surface area (Å²) in [6.45, 7) is 2.53. The molecule has 0 aliphatic carbocycles. The van der Waals surface area contributed by atoms with E-state index in [4.69, 9.17) is 5.73 Å². The SMILES string of the molecule is Cc1ccccc1CC(CN)c1ccccc1F. The summed E-state index contributed by atoms with van der Waals surface area (Å²) < 4.78 is 13.8.